The van der Waals surface area contributed by atoms with Gasteiger partial charge in [-0.05, 0) is 41.1 Å². The molecule has 0 saturated carbocycles. The van der Waals surface area contributed by atoms with Crippen molar-refractivity contribution in [1.29, 1.82) is 0 Å². The lowest BCUT2D eigenvalue weighted by Crippen LogP contribution is -1.99. The molecule has 0 saturated heterocycles. The Morgan fingerprint density at radius 2 is 2.23 bits per heavy atom. The molecule has 0 fully saturated rings. The van der Waals surface area contributed by atoms with Crippen molar-refractivity contribution in [1.82, 2.24) is 0 Å². The van der Waals surface area contributed by atoms with E-state index in [1.165, 1.54) is 13.2 Å². The van der Waals surface area contributed by atoms with Crippen molar-refractivity contribution in [3.8, 4) is 5.75 Å². The molecule has 0 unspecified atom stereocenters. The van der Waals surface area contributed by atoms with Crippen LogP contribution in [0.2, 0.25) is 0 Å². The molecule has 1 N–H and O–H groups in total. The molecular formula is C9H10FIO2. The molecule has 13 heavy (non-hydrogen) atoms. The molecule has 1 aromatic carbocycles. The van der Waals surface area contributed by atoms with E-state index in [1.807, 2.05) is 22.6 Å². The van der Waals surface area contributed by atoms with Gasteiger partial charge in [-0.2, -0.15) is 0 Å². The van der Waals surface area contributed by atoms with Gasteiger partial charge in [-0.3, -0.25) is 0 Å². The van der Waals surface area contributed by atoms with Gasteiger partial charge in [-0.25, -0.2) is 4.39 Å². The zero-order chi connectivity index (χ0) is 9.84. The molecule has 0 heterocycles. The standard InChI is InChI=1S/C9H10FIO2/c1-13-9-6(2-3-12)4-7(11)5-8(9)10/h4-5,12H,2-3H2,1H3. The molecule has 1 aromatic rings. The van der Waals surface area contributed by atoms with Crippen LogP contribution in [-0.4, -0.2) is 18.8 Å². The fourth-order valence-electron chi connectivity index (χ4n) is 1.15. The monoisotopic (exact) mass is 296 g/mol. The zero-order valence-electron chi connectivity index (χ0n) is 7.18. The highest BCUT2D eigenvalue weighted by Crippen LogP contribution is 2.25. The Bertz CT molecular complexity index is 302. The van der Waals surface area contributed by atoms with Crippen LogP contribution in [0, 0.1) is 9.39 Å². The molecule has 0 aliphatic carbocycles. The molecular weight excluding hydrogens is 286 g/mol. The van der Waals surface area contributed by atoms with Gasteiger partial charge in [0.25, 0.3) is 0 Å². The minimum Gasteiger partial charge on any atom is -0.493 e. The lowest BCUT2D eigenvalue weighted by molar-refractivity contribution is 0.295. The van der Waals surface area contributed by atoms with E-state index in [2.05, 4.69) is 0 Å². The minimum absolute atomic E-state index is 0.00407. The first-order chi connectivity index (χ1) is 6.19. The van der Waals surface area contributed by atoms with E-state index < -0.39 is 0 Å². The Morgan fingerprint density at radius 3 is 2.77 bits per heavy atom. The number of aliphatic hydroxyl groups excluding tert-OH is 1. The van der Waals surface area contributed by atoms with Crippen LogP contribution in [0.25, 0.3) is 0 Å². The molecule has 0 atom stereocenters. The molecule has 0 amide bonds. The first-order valence-corrected chi connectivity index (χ1v) is 4.89. The van der Waals surface area contributed by atoms with E-state index in [4.69, 9.17) is 9.84 Å². The highest BCUT2D eigenvalue weighted by molar-refractivity contribution is 14.1. The number of benzene rings is 1. The molecule has 1 rings (SSSR count). The number of ether oxygens (including phenoxy) is 1. The van der Waals surface area contributed by atoms with Crippen LogP contribution in [0.1, 0.15) is 5.56 Å². The summed E-state index contributed by atoms with van der Waals surface area (Å²) in [5.41, 5.74) is 0.703. The number of hydrogen-bond acceptors (Lipinski definition) is 2. The summed E-state index contributed by atoms with van der Waals surface area (Å²) in [5.74, 6) is -0.146. The number of methoxy groups -OCH3 is 1. The van der Waals surface area contributed by atoms with E-state index in [0.717, 1.165) is 3.57 Å². The highest BCUT2D eigenvalue weighted by Gasteiger charge is 2.09. The Balaban J connectivity index is 3.13. The summed E-state index contributed by atoms with van der Waals surface area (Å²) in [4.78, 5) is 0. The second kappa shape index (κ2) is 4.76. The molecule has 0 spiro atoms. The first kappa shape index (κ1) is 10.7. The minimum atomic E-state index is -0.377. The lowest BCUT2D eigenvalue weighted by Gasteiger charge is -2.08. The quantitative estimate of drug-likeness (QED) is 0.864. The maximum atomic E-state index is 13.2. The van der Waals surface area contributed by atoms with Crippen molar-refractivity contribution in [2.75, 3.05) is 13.7 Å². The van der Waals surface area contributed by atoms with Crippen molar-refractivity contribution in [3.05, 3.63) is 27.1 Å². The van der Waals surface area contributed by atoms with Crippen molar-refractivity contribution in [2.45, 2.75) is 6.42 Å². The molecule has 0 aromatic heterocycles. The van der Waals surface area contributed by atoms with E-state index in [1.54, 1.807) is 6.07 Å². The van der Waals surface area contributed by atoms with Gasteiger partial charge >= 0.3 is 0 Å². The average Bonchev–Trinajstić information content (AvgIpc) is 2.04. The number of aliphatic hydroxyl groups is 1. The number of halogens is 2. The molecule has 2 nitrogen and oxygen atoms in total. The van der Waals surface area contributed by atoms with Crippen LogP contribution in [0.4, 0.5) is 4.39 Å². The second-order valence-corrected chi connectivity index (χ2v) is 3.80. The van der Waals surface area contributed by atoms with E-state index in [9.17, 15) is 4.39 Å². The SMILES string of the molecule is COc1c(F)cc(I)cc1CCO. The van der Waals surface area contributed by atoms with Crippen molar-refractivity contribution in [2.24, 2.45) is 0 Å². The zero-order valence-corrected chi connectivity index (χ0v) is 9.34. The normalized spacial score (nSPS) is 10.2. The van der Waals surface area contributed by atoms with Gasteiger partial charge in [0.15, 0.2) is 11.6 Å². The second-order valence-electron chi connectivity index (χ2n) is 2.55. The third-order valence-electron chi connectivity index (χ3n) is 1.67. The van der Waals surface area contributed by atoms with Gasteiger partial charge in [-0.1, -0.05) is 0 Å². The van der Waals surface area contributed by atoms with E-state index >= 15 is 0 Å². The molecule has 4 heteroatoms. The summed E-state index contributed by atoms with van der Waals surface area (Å²) in [6.07, 6.45) is 0.414. The first-order valence-electron chi connectivity index (χ1n) is 3.81. The van der Waals surface area contributed by atoms with Gasteiger partial charge in [0, 0.05) is 15.7 Å². The summed E-state index contributed by atoms with van der Waals surface area (Å²) in [5, 5.41) is 8.74. The predicted molar refractivity (Wildman–Crippen MR) is 56.5 cm³/mol. The van der Waals surface area contributed by atoms with Crippen LogP contribution in [-0.2, 0) is 6.42 Å². The van der Waals surface area contributed by atoms with E-state index in [-0.39, 0.29) is 18.2 Å². The summed E-state index contributed by atoms with van der Waals surface area (Å²) in [6.45, 7) is -0.00407. The Labute approximate surface area is 89.9 Å². The maximum Gasteiger partial charge on any atom is 0.166 e. The fraction of sp³-hybridized carbons (Fsp3) is 0.333. The summed E-state index contributed by atoms with van der Waals surface area (Å²) >= 11 is 2.03. The highest BCUT2D eigenvalue weighted by atomic mass is 127. The molecule has 0 aliphatic heterocycles. The van der Waals surface area contributed by atoms with Crippen LogP contribution >= 0.6 is 22.6 Å². The molecule has 0 bridgehead atoms. The maximum absolute atomic E-state index is 13.2. The van der Waals surface area contributed by atoms with Gasteiger partial charge in [0.05, 0.1) is 7.11 Å². The predicted octanol–water partition coefficient (Wildman–Crippen LogP) is 1.97. The van der Waals surface area contributed by atoms with E-state index in [0.29, 0.717) is 12.0 Å². The number of rotatable bonds is 3. The molecule has 0 radical (unpaired) electrons. The van der Waals surface area contributed by atoms with Crippen LogP contribution < -0.4 is 4.74 Å². The summed E-state index contributed by atoms with van der Waals surface area (Å²) in [6, 6.07) is 3.21. The van der Waals surface area contributed by atoms with Crippen molar-refractivity contribution in [3.63, 3.8) is 0 Å². The smallest absolute Gasteiger partial charge is 0.166 e. The fourth-order valence-corrected chi connectivity index (χ4v) is 1.80. The van der Waals surface area contributed by atoms with Crippen LogP contribution in [0.3, 0.4) is 0 Å². The largest absolute Gasteiger partial charge is 0.493 e. The lowest BCUT2D eigenvalue weighted by atomic mass is 10.1. The Morgan fingerprint density at radius 1 is 1.54 bits per heavy atom. The average molecular weight is 296 g/mol. The van der Waals surface area contributed by atoms with Gasteiger partial charge < -0.3 is 9.84 Å². The topological polar surface area (TPSA) is 29.5 Å². The van der Waals surface area contributed by atoms with Crippen molar-refractivity contribution >= 4 is 22.6 Å². The molecule has 72 valence electrons. The third kappa shape index (κ3) is 2.54. The van der Waals surface area contributed by atoms with Gasteiger partial charge in [0.2, 0.25) is 0 Å². The molecule has 0 aliphatic rings. The summed E-state index contributed by atoms with van der Waals surface area (Å²) in [7, 11) is 1.42. The third-order valence-corrected chi connectivity index (χ3v) is 2.29. The Kier molecular flexibility index (Phi) is 3.92. The van der Waals surface area contributed by atoms with Crippen molar-refractivity contribution < 1.29 is 14.2 Å². The number of hydrogen-bond donors (Lipinski definition) is 1. The van der Waals surface area contributed by atoms with Gasteiger partial charge in [0.1, 0.15) is 0 Å². The Hall–Kier alpha value is -0.360. The van der Waals surface area contributed by atoms with Crippen LogP contribution in [0.15, 0.2) is 12.1 Å². The van der Waals surface area contributed by atoms with Gasteiger partial charge in [-0.15, -0.1) is 0 Å². The van der Waals surface area contributed by atoms with Crippen LogP contribution in [0.5, 0.6) is 5.75 Å². The summed E-state index contributed by atoms with van der Waals surface area (Å²) < 4.78 is 18.9.